The first-order valence-corrected chi connectivity index (χ1v) is 5.36. The monoisotopic (exact) mass is 235 g/mol. The molecular formula is C11H14BNO4. The molecule has 0 saturated heterocycles. The van der Waals surface area contributed by atoms with Gasteiger partial charge >= 0.3 is 13.2 Å². The lowest BCUT2D eigenvalue weighted by atomic mass is 9.77. The fourth-order valence-corrected chi connectivity index (χ4v) is 2.06. The molecule has 0 bridgehead atoms. The molecule has 0 fully saturated rings. The van der Waals surface area contributed by atoms with Gasteiger partial charge in [0.15, 0.2) is 0 Å². The second-order valence-corrected chi connectivity index (χ2v) is 4.56. The van der Waals surface area contributed by atoms with Gasteiger partial charge in [-0.2, -0.15) is 0 Å². The molecule has 1 aliphatic rings. The first-order chi connectivity index (χ1) is 7.90. The number of hydrogen-bond donors (Lipinski definition) is 3. The van der Waals surface area contributed by atoms with Crippen LogP contribution in [-0.2, 0) is 16.8 Å². The number of hydrogen-bond acceptors (Lipinski definition) is 3. The van der Waals surface area contributed by atoms with Gasteiger partial charge in [-0.3, -0.25) is 0 Å². The fraction of sp³-hybridized carbons (Fsp3) is 0.364. The van der Waals surface area contributed by atoms with Gasteiger partial charge in [-0.1, -0.05) is 18.2 Å². The van der Waals surface area contributed by atoms with Crippen LogP contribution in [0.15, 0.2) is 18.2 Å². The summed E-state index contributed by atoms with van der Waals surface area (Å²) in [6, 6.07) is 5.47. The van der Waals surface area contributed by atoms with Crippen LogP contribution in [0.25, 0.3) is 0 Å². The maximum absolute atomic E-state index is 10.4. The zero-order chi connectivity index (χ0) is 12.6. The van der Waals surface area contributed by atoms with Gasteiger partial charge in [0.25, 0.3) is 0 Å². The van der Waals surface area contributed by atoms with Gasteiger partial charge in [0, 0.05) is 6.54 Å². The largest absolute Gasteiger partial charge is 0.492 e. The van der Waals surface area contributed by atoms with E-state index in [0.29, 0.717) is 5.46 Å². The van der Waals surface area contributed by atoms with Crippen LogP contribution in [0.5, 0.6) is 0 Å². The Morgan fingerprint density at radius 1 is 1.53 bits per heavy atom. The van der Waals surface area contributed by atoms with Gasteiger partial charge in [-0.05, 0) is 30.4 Å². The lowest BCUT2D eigenvalue weighted by molar-refractivity contribution is 0.101. The van der Waals surface area contributed by atoms with Gasteiger partial charge < -0.3 is 20.1 Å². The molecule has 1 heterocycles. The number of fused-ring (bicyclic) bond motifs is 1. The average Bonchev–Trinajstić information content (AvgIpc) is 2.46. The second-order valence-electron chi connectivity index (χ2n) is 4.56. The Balaban J connectivity index is 2.26. The van der Waals surface area contributed by atoms with Crippen molar-refractivity contribution in [2.45, 2.75) is 26.0 Å². The summed E-state index contributed by atoms with van der Waals surface area (Å²) in [7, 11) is -0.940. The zero-order valence-electron chi connectivity index (χ0n) is 9.73. The molecule has 17 heavy (non-hydrogen) atoms. The van der Waals surface area contributed by atoms with E-state index in [2.05, 4.69) is 5.32 Å². The van der Waals surface area contributed by atoms with Crippen LogP contribution in [0.2, 0.25) is 0 Å². The first kappa shape index (κ1) is 11.9. The van der Waals surface area contributed by atoms with Crippen molar-refractivity contribution in [3.8, 4) is 0 Å². The van der Waals surface area contributed by atoms with E-state index in [9.17, 15) is 9.82 Å². The minimum atomic E-state index is -1.07. The third kappa shape index (κ3) is 2.27. The zero-order valence-corrected chi connectivity index (χ0v) is 9.73. The maximum atomic E-state index is 10.4. The predicted octanol–water partition coefficient (Wildman–Crippen LogP) is 0.407. The number of nitrogens with one attached hydrogen (secondary N) is 1. The van der Waals surface area contributed by atoms with E-state index in [4.69, 9.17) is 9.76 Å². The molecule has 1 aliphatic heterocycles. The van der Waals surface area contributed by atoms with Crippen molar-refractivity contribution in [3.63, 3.8) is 0 Å². The van der Waals surface area contributed by atoms with Crippen LogP contribution in [0.1, 0.15) is 25.0 Å². The van der Waals surface area contributed by atoms with E-state index < -0.39 is 18.8 Å². The smallest absolute Gasteiger partial charge is 0.465 e. The highest BCUT2D eigenvalue weighted by molar-refractivity contribution is 6.62. The van der Waals surface area contributed by atoms with E-state index >= 15 is 0 Å². The quantitative estimate of drug-likeness (QED) is 0.648. The number of carbonyl (C=O) groups is 1. The summed E-state index contributed by atoms with van der Waals surface area (Å²) in [5.41, 5.74) is 1.93. The summed E-state index contributed by atoms with van der Waals surface area (Å²) in [4.78, 5) is 10.4. The normalized spacial score (nSPS) is 16.8. The number of carboxylic acid groups (broad SMARTS) is 1. The summed E-state index contributed by atoms with van der Waals surface area (Å²) >= 11 is 0. The van der Waals surface area contributed by atoms with E-state index in [-0.39, 0.29) is 6.54 Å². The molecule has 6 heteroatoms. The molecule has 1 amide bonds. The highest BCUT2D eigenvalue weighted by Crippen LogP contribution is 2.29. The predicted molar refractivity (Wildman–Crippen MR) is 63.0 cm³/mol. The summed E-state index contributed by atoms with van der Waals surface area (Å²) in [6.45, 7) is 3.99. The first-order valence-electron chi connectivity index (χ1n) is 5.36. The van der Waals surface area contributed by atoms with Crippen LogP contribution >= 0.6 is 0 Å². The maximum Gasteiger partial charge on any atom is 0.492 e. The van der Waals surface area contributed by atoms with Gasteiger partial charge in [-0.25, -0.2) is 4.79 Å². The second kappa shape index (κ2) is 4.05. The van der Waals surface area contributed by atoms with E-state index in [1.165, 1.54) is 0 Å². The van der Waals surface area contributed by atoms with Gasteiger partial charge in [-0.15, -0.1) is 0 Å². The molecule has 5 nitrogen and oxygen atoms in total. The Hall–Kier alpha value is -1.53. The highest BCUT2D eigenvalue weighted by atomic mass is 16.5. The van der Waals surface area contributed by atoms with Crippen molar-refractivity contribution in [2.75, 3.05) is 0 Å². The topological polar surface area (TPSA) is 78.8 Å². The Labute approximate surface area is 99.6 Å². The Kier molecular flexibility index (Phi) is 2.85. The summed E-state index contributed by atoms with van der Waals surface area (Å²) in [5.74, 6) is 0. The van der Waals surface area contributed by atoms with Crippen molar-refractivity contribution in [1.29, 1.82) is 0 Å². The minimum Gasteiger partial charge on any atom is -0.465 e. The minimum absolute atomic E-state index is 0.218. The van der Waals surface area contributed by atoms with Crippen LogP contribution in [0.4, 0.5) is 4.79 Å². The molecule has 0 saturated carbocycles. The highest BCUT2D eigenvalue weighted by Gasteiger charge is 2.40. The molecule has 0 radical (unpaired) electrons. The van der Waals surface area contributed by atoms with Crippen molar-refractivity contribution in [2.24, 2.45) is 0 Å². The molecule has 0 aromatic heterocycles. The SMILES string of the molecule is CC1(C)OB(O)c2cc(CNC(=O)O)ccc21. The number of rotatable bonds is 2. The molecule has 1 aromatic carbocycles. The molecule has 0 spiro atoms. The number of benzene rings is 1. The van der Waals surface area contributed by atoms with Crippen molar-refractivity contribution in [1.82, 2.24) is 5.32 Å². The van der Waals surface area contributed by atoms with Crippen LogP contribution in [-0.4, -0.2) is 23.3 Å². The molecular weight excluding hydrogens is 221 g/mol. The van der Waals surface area contributed by atoms with E-state index in [1.807, 2.05) is 26.0 Å². The van der Waals surface area contributed by atoms with Crippen molar-refractivity contribution < 1.29 is 19.6 Å². The number of amides is 1. The Morgan fingerprint density at radius 2 is 2.24 bits per heavy atom. The van der Waals surface area contributed by atoms with Gasteiger partial charge in [0.2, 0.25) is 0 Å². The van der Waals surface area contributed by atoms with E-state index in [1.54, 1.807) is 6.07 Å². The summed E-state index contributed by atoms with van der Waals surface area (Å²) in [6.07, 6.45) is -1.07. The van der Waals surface area contributed by atoms with Crippen molar-refractivity contribution >= 4 is 18.7 Å². The molecule has 0 atom stereocenters. The molecule has 0 aliphatic carbocycles. The molecule has 1 aromatic rings. The molecule has 0 unspecified atom stereocenters. The fourth-order valence-electron chi connectivity index (χ4n) is 2.06. The third-order valence-corrected chi connectivity index (χ3v) is 2.88. The van der Waals surface area contributed by atoms with Gasteiger partial charge in [0.1, 0.15) is 0 Å². The van der Waals surface area contributed by atoms with Crippen molar-refractivity contribution in [3.05, 3.63) is 29.3 Å². The molecule has 90 valence electrons. The molecule has 3 N–H and O–H groups in total. The third-order valence-electron chi connectivity index (χ3n) is 2.88. The summed E-state index contributed by atoms with van der Waals surface area (Å²) in [5, 5.41) is 20.6. The lowest BCUT2D eigenvalue weighted by Gasteiger charge is -2.19. The molecule has 2 rings (SSSR count). The van der Waals surface area contributed by atoms with E-state index in [0.717, 1.165) is 11.1 Å². The average molecular weight is 235 g/mol. The van der Waals surface area contributed by atoms with Crippen LogP contribution < -0.4 is 10.8 Å². The van der Waals surface area contributed by atoms with Crippen LogP contribution in [0.3, 0.4) is 0 Å². The standard InChI is InChI=1S/C11H14BNO4/c1-11(2)8-4-3-7(6-13-10(14)15)5-9(8)12(16)17-11/h3-5,13,16H,6H2,1-2H3,(H,14,15). The lowest BCUT2D eigenvalue weighted by Crippen LogP contribution is -2.29. The van der Waals surface area contributed by atoms with Gasteiger partial charge in [0.05, 0.1) is 5.60 Å². The summed E-state index contributed by atoms with van der Waals surface area (Å²) < 4.78 is 5.42. The Morgan fingerprint density at radius 3 is 2.88 bits per heavy atom. The van der Waals surface area contributed by atoms with Crippen LogP contribution in [0, 0.1) is 0 Å². The Bertz CT molecular complexity index is 461.